The summed E-state index contributed by atoms with van der Waals surface area (Å²) >= 11 is 0. The Labute approximate surface area is 151 Å². The van der Waals surface area contributed by atoms with Crippen LogP contribution in [-0.2, 0) is 18.4 Å². The first-order chi connectivity index (χ1) is 12.0. The summed E-state index contributed by atoms with van der Waals surface area (Å²) in [6.45, 7) is 9.39. The van der Waals surface area contributed by atoms with Crippen molar-refractivity contribution in [2.24, 2.45) is 5.41 Å². The highest BCUT2D eigenvalue weighted by molar-refractivity contribution is 5.50. The molecule has 128 valence electrons. The van der Waals surface area contributed by atoms with Crippen molar-refractivity contribution in [1.29, 1.82) is 5.26 Å². The quantitative estimate of drug-likeness (QED) is 0.800. The summed E-state index contributed by atoms with van der Waals surface area (Å²) in [4.78, 5) is 2.65. The second kappa shape index (κ2) is 5.71. The summed E-state index contributed by atoms with van der Waals surface area (Å²) in [5.41, 5.74) is 5.25. The van der Waals surface area contributed by atoms with Crippen LogP contribution in [0.1, 0.15) is 49.4 Å². The van der Waals surface area contributed by atoms with Gasteiger partial charge in [-0.05, 0) is 47.6 Å². The highest BCUT2D eigenvalue weighted by atomic mass is 15.2. The molecule has 2 aromatic rings. The Morgan fingerprint density at radius 2 is 1.84 bits per heavy atom. The molecular formula is C23H26N2. The van der Waals surface area contributed by atoms with E-state index in [1.54, 1.807) is 0 Å². The smallest absolute Gasteiger partial charge is 0.0994 e. The molecule has 0 spiro atoms. The lowest BCUT2D eigenvalue weighted by atomic mass is 9.50. The Kier molecular flexibility index (Phi) is 3.74. The van der Waals surface area contributed by atoms with Gasteiger partial charge in [-0.15, -0.1) is 0 Å². The standard InChI is InChI=1S/C23H26N2/c1-22(2)21-14-19-18(15-24)10-7-11-20(19)23(22,3)12-13-25(21)16-17-8-5-4-6-9-17/h4-11,21H,12-14,16H2,1-3H3. The number of rotatable bonds is 2. The van der Waals surface area contributed by atoms with Crippen molar-refractivity contribution in [2.75, 3.05) is 6.54 Å². The van der Waals surface area contributed by atoms with Crippen molar-refractivity contribution < 1.29 is 0 Å². The van der Waals surface area contributed by atoms with Crippen molar-refractivity contribution in [3.63, 3.8) is 0 Å². The molecule has 1 aliphatic carbocycles. The molecule has 0 saturated carbocycles. The zero-order valence-electron chi connectivity index (χ0n) is 15.4. The Hall–Kier alpha value is -2.11. The van der Waals surface area contributed by atoms with Crippen LogP contribution in [0, 0.1) is 16.7 Å². The third-order valence-corrected chi connectivity index (χ3v) is 7.11. The summed E-state index contributed by atoms with van der Waals surface area (Å²) in [6.07, 6.45) is 2.12. The summed E-state index contributed by atoms with van der Waals surface area (Å²) < 4.78 is 0. The molecule has 2 aliphatic rings. The van der Waals surface area contributed by atoms with Gasteiger partial charge in [0.15, 0.2) is 0 Å². The van der Waals surface area contributed by atoms with Crippen LogP contribution in [0.2, 0.25) is 0 Å². The Balaban J connectivity index is 1.77. The van der Waals surface area contributed by atoms with Crippen molar-refractivity contribution in [3.8, 4) is 6.07 Å². The Morgan fingerprint density at radius 1 is 1.08 bits per heavy atom. The lowest BCUT2D eigenvalue weighted by Gasteiger charge is -2.61. The van der Waals surface area contributed by atoms with Gasteiger partial charge >= 0.3 is 0 Å². The van der Waals surface area contributed by atoms with Crippen LogP contribution in [0.15, 0.2) is 48.5 Å². The van der Waals surface area contributed by atoms with Crippen molar-refractivity contribution in [2.45, 2.75) is 51.6 Å². The molecule has 0 radical (unpaired) electrons. The molecule has 2 nitrogen and oxygen atoms in total. The topological polar surface area (TPSA) is 27.0 Å². The SMILES string of the molecule is CC12CCN(Cc3ccccc3)C(Cc3c(C#N)cccc31)C2(C)C. The minimum absolute atomic E-state index is 0.130. The van der Waals surface area contributed by atoms with Gasteiger partial charge in [-0.3, -0.25) is 4.90 Å². The number of hydrogen-bond acceptors (Lipinski definition) is 2. The number of likely N-dealkylation sites (tertiary alicyclic amines) is 1. The molecule has 0 amide bonds. The molecule has 0 aromatic heterocycles. The third kappa shape index (κ3) is 2.34. The largest absolute Gasteiger partial charge is 0.295 e. The molecule has 2 bridgehead atoms. The Morgan fingerprint density at radius 3 is 2.56 bits per heavy atom. The molecule has 1 fully saturated rings. The van der Waals surface area contributed by atoms with E-state index in [-0.39, 0.29) is 10.8 Å². The van der Waals surface area contributed by atoms with Crippen LogP contribution >= 0.6 is 0 Å². The van der Waals surface area contributed by atoms with Gasteiger partial charge in [0.2, 0.25) is 0 Å². The summed E-state index contributed by atoms with van der Waals surface area (Å²) in [6, 6.07) is 20.0. The van der Waals surface area contributed by atoms with Gasteiger partial charge in [-0.25, -0.2) is 0 Å². The molecule has 2 heteroatoms. The predicted molar refractivity (Wildman–Crippen MR) is 101 cm³/mol. The number of nitrogens with zero attached hydrogens (tertiary/aromatic N) is 2. The number of benzene rings is 2. The minimum atomic E-state index is 0.130. The van der Waals surface area contributed by atoms with Gasteiger partial charge in [0, 0.05) is 18.0 Å². The monoisotopic (exact) mass is 330 g/mol. The van der Waals surface area contributed by atoms with E-state index in [0.717, 1.165) is 31.5 Å². The van der Waals surface area contributed by atoms with Crippen LogP contribution in [0.5, 0.6) is 0 Å². The van der Waals surface area contributed by atoms with E-state index >= 15 is 0 Å². The molecule has 2 unspecified atom stereocenters. The van der Waals surface area contributed by atoms with E-state index in [0.29, 0.717) is 6.04 Å². The van der Waals surface area contributed by atoms with E-state index in [4.69, 9.17) is 0 Å². The summed E-state index contributed by atoms with van der Waals surface area (Å²) in [5, 5.41) is 9.61. The van der Waals surface area contributed by atoms with Crippen LogP contribution in [0.3, 0.4) is 0 Å². The summed E-state index contributed by atoms with van der Waals surface area (Å²) in [5.74, 6) is 0. The molecule has 1 saturated heterocycles. The fourth-order valence-corrected chi connectivity index (χ4v) is 5.16. The Bertz CT molecular complexity index is 831. The van der Waals surface area contributed by atoms with Crippen LogP contribution in [0.25, 0.3) is 0 Å². The van der Waals surface area contributed by atoms with Crippen LogP contribution in [0.4, 0.5) is 0 Å². The minimum Gasteiger partial charge on any atom is -0.295 e. The zero-order chi connectivity index (χ0) is 17.7. The molecule has 0 N–H and O–H groups in total. The van der Waals surface area contributed by atoms with Gasteiger partial charge in [0.1, 0.15) is 0 Å². The van der Waals surface area contributed by atoms with Gasteiger partial charge in [-0.2, -0.15) is 5.26 Å². The average molecular weight is 330 g/mol. The predicted octanol–water partition coefficient (Wildman–Crippen LogP) is 4.67. The van der Waals surface area contributed by atoms with E-state index in [9.17, 15) is 5.26 Å². The molecule has 4 rings (SSSR count). The first-order valence-corrected chi connectivity index (χ1v) is 9.28. The summed E-state index contributed by atoms with van der Waals surface area (Å²) in [7, 11) is 0. The van der Waals surface area contributed by atoms with Gasteiger partial charge in [0.05, 0.1) is 11.6 Å². The van der Waals surface area contributed by atoms with Crippen LogP contribution < -0.4 is 0 Å². The number of fused-ring (bicyclic) bond motifs is 4. The van der Waals surface area contributed by atoms with Crippen molar-refractivity contribution >= 4 is 0 Å². The van der Waals surface area contributed by atoms with E-state index in [1.807, 2.05) is 6.07 Å². The lowest BCUT2D eigenvalue weighted by molar-refractivity contribution is -0.0422. The van der Waals surface area contributed by atoms with E-state index < -0.39 is 0 Å². The van der Waals surface area contributed by atoms with E-state index in [2.05, 4.69) is 74.2 Å². The fourth-order valence-electron chi connectivity index (χ4n) is 5.16. The van der Waals surface area contributed by atoms with Crippen molar-refractivity contribution in [1.82, 2.24) is 4.90 Å². The van der Waals surface area contributed by atoms with Crippen molar-refractivity contribution in [3.05, 3.63) is 70.8 Å². The molecular weight excluding hydrogens is 304 g/mol. The highest BCUT2D eigenvalue weighted by Crippen LogP contribution is 2.56. The second-order valence-corrected chi connectivity index (χ2v) is 8.42. The first kappa shape index (κ1) is 16.4. The second-order valence-electron chi connectivity index (χ2n) is 8.42. The molecule has 1 aliphatic heterocycles. The number of nitriles is 1. The lowest BCUT2D eigenvalue weighted by Crippen LogP contribution is -2.63. The van der Waals surface area contributed by atoms with Gasteiger partial charge < -0.3 is 0 Å². The number of piperidine rings is 1. The third-order valence-electron chi connectivity index (χ3n) is 7.11. The molecule has 2 atom stereocenters. The maximum atomic E-state index is 9.61. The molecule has 25 heavy (non-hydrogen) atoms. The molecule has 2 aromatic carbocycles. The average Bonchev–Trinajstić information content (AvgIpc) is 2.61. The zero-order valence-corrected chi connectivity index (χ0v) is 15.4. The molecule has 1 heterocycles. The van der Waals surface area contributed by atoms with Crippen LogP contribution in [-0.4, -0.2) is 17.5 Å². The van der Waals surface area contributed by atoms with Gasteiger partial charge in [-0.1, -0.05) is 63.2 Å². The fraction of sp³-hybridized carbons (Fsp3) is 0.435. The maximum Gasteiger partial charge on any atom is 0.0994 e. The maximum absolute atomic E-state index is 9.61. The van der Waals surface area contributed by atoms with E-state index in [1.165, 1.54) is 16.7 Å². The first-order valence-electron chi connectivity index (χ1n) is 9.28. The highest BCUT2D eigenvalue weighted by Gasteiger charge is 2.55. The number of hydrogen-bond donors (Lipinski definition) is 0. The van der Waals surface area contributed by atoms with Gasteiger partial charge in [0.25, 0.3) is 0 Å². The normalized spacial score (nSPS) is 27.4.